The Balaban J connectivity index is 1.59. The van der Waals surface area contributed by atoms with Crippen molar-refractivity contribution in [2.45, 2.75) is 19.6 Å². The lowest BCUT2D eigenvalue weighted by Crippen LogP contribution is -2.10. The van der Waals surface area contributed by atoms with Gasteiger partial charge in [-0.2, -0.15) is 0 Å². The van der Waals surface area contributed by atoms with Crippen LogP contribution < -0.4 is 4.74 Å². The van der Waals surface area contributed by atoms with Crippen molar-refractivity contribution in [3.8, 4) is 5.75 Å². The molecule has 0 spiro atoms. The number of nitrogens with zero attached hydrogens (tertiary/aromatic N) is 1. The molecule has 7 nitrogen and oxygen atoms in total. The molecule has 0 bridgehead atoms. The summed E-state index contributed by atoms with van der Waals surface area (Å²) in [5.41, 5.74) is 0.00167. The molecule has 4 aromatic rings. The number of aromatic carboxylic acids is 1. The normalized spacial score (nSPS) is 10.6. The number of halogens is 1. The Morgan fingerprint density at radius 3 is 2.06 bits per heavy atom. The minimum Gasteiger partial charge on any atom is -0.478 e. The van der Waals surface area contributed by atoms with Gasteiger partial charge in [-0.25, -0.2) is 9.59 Å². The number of esters is 1. The van der Waals surface area contributed by atoms with Crippen LogP contribution in [0.15, 0.2) is 111 Å². The first-order chi connectivity index (χ1) is 17.3. The van der Waals surface area contributed by atoms with Crippen molar-refractivity contribution in [3.05, 3.63) is 117 Å². The number of carboxylic acids is 1. The summed E-state index contributed by atoms with van der Waals surface area (Å²) in [6, 6.07) is 24.3. The second-order valence-corrected chi connectivity index (χ2v) is 9.78. The van der Waals surface area contributed by atoms with Gasteiger partial charge in [0.05, 0.1) is 26.0 Å². The zero-order chi connectivity index (χ0) is 25.7. The van der Waals surface area contributed by atoms with E-state index in [1.54, 1.807) is 36.4 Å². The minimum atomic E-state index is -1.26. The lowest BCUT2D eigenvalue weighted by Gasteiger charge is -2.12. The predicted molar refractivity (Wildman–Crippen MR) is 138 cm³/mol. The minimum absolute atomic E-state index is 0.0295. The molecular weight excluding hydrogens is 522 g/mol. The fraction of sp³-hybridized carbons (Fsp3) is 0. The first kappa shape index (κ1) is 25.3. The Morgan fingerprint density at radius 1 is 0.778 bits per heavy atom. The Labute approximate surface area is 219 Å². The molecule has 0 aliphatic heterocycles. The quantitative estimate of drug-likeness (QED) is 0.107. The molecule has 36 heavy (non-hydrogen) atoms. The number of para-hydroxylation sites is 1. The van der Waals surface area contributed by atoms with Crippen molar-refractivity contribution in [1.29, 1.82) is 0 Å². The lowest BCUT2D eigenvalue weighted by atomic mass is 10.2. The molecule has 0 atom stereocenters. The van der Waals surface area contributed by atoms with Gasteiger partial charge < -0.3 is 9.84 Å². The van der Waals surface area contributed by atoms with E-state index >= 15 is 0 Å². The van der Waals surface area contributed by atoms with E-state index in [1.807, 2.05) is 18.2 Å². The van der Waals surface area contributed by atoms with Crippen LogP contribution in [-0.4, -0.2) is 22.0 Å². The molecule has 1 N–H and O–H groups in total. The summed E-state index contributed by atoms with van der Waals surface area (Å²) in [4.78, 5) is 37.6. The fourth-order valence-corrected chi connectivity index (χ4v) is 5.41. The van der Waals surface area contributed by atoms with Crippen LogP contribution in [0.5, 0.6) is 5.75 Å². The van der Waals surface area contributed by atoms with Crippen molar-refractivity contribution < 1.29 is 24.4 Å². The Hall–Kier alpha value is -3.79. The zero-order valence-electron chi connectivity index (χ0n) is 18.3. The first-order valence-electron chi connectivity index (χ1n) is 10.4. The first-order valence-corrected chi connectivity index (χ1v) is 12.4. The average molecular weight is 538 g/mol. The third-order valence-electron chi connectivity index (χ3n) is 4.84. The highest BCUT2D eigenvalue weighted by atomic mass is 35.5. The van der Waals surface area contributed by atoms with Crippen LogP contribution in [0.3, 0.4) is 0 Å². The molecule has 0 aliphatic rings. The van der Waals surface area contributed by atoms with Crippen LogP contribution in [0.1, 0.15) is 20.7 Å². The summed E-state index contributed by atoms with van der Waals surface area (Å²) in [5.74, 6) is -1.90. The fourth-order valence-electron chi connectivity index (χ4n) is 3.17. The number of carboxylic acid groups (broad SMARTS) is 1. The number of carbonyl (C=O) groups excluding carboxylic acids is 1. The number of carbonyl (C=O) groups is 2. The smallest absolute Gasteiger partial charge is 0.344 e. The van der Waals surface area contributed by atoms with Crippen LogP contribution in [0.2, 0.25) is 5.02 Å². The Morgan fingerprint density at radius 2 is 1.36 bits per heavy atom. The van der Waals surface area contributed by atoms with Crippen molar-refractivity contribution in [2.24, 2.45) is 0 Å². The van der Waals surface area contributed by atoms with Gasteiger partial charge in [-0.3, -0.25) is 10.1 Å². The molecule has 0 amide bonds. The van der Waals surface area contributed by atoms with E-state index in [-0.39, 0.29) is 27.5 Å². The van der Waals surface area contributed by atoms with Crippen molar-refractivity contribution in [1.82, 2.24) is 0 Å². The summed E-state index contributed by atoms with van der Waals surface area (Å²) in [5, 5.41) is 21.6. The number of nitro groups is 1. The maximum absolute atomic E-state index is 13.0. The summed E-state index contributed by atoms with van der Waals surface area (Å²) in [6.45, 7) is 0. The molecular formula is C26H16ClNO6S2. The molecule has 10 heteroatoms. The highest BCUT2D eigenvalue weighted by Gasteiger charge is 2.20. The molecule has 0 radical (unpaired) electrons. The molecule has 180 valence electrons. The molecule has 4 aromatic carbocycles. The summed E-state index contributed by atoms with van der Waals surface area (Å²) in [6.07, 6.45) is 0. The van der Waals surface area contributed by atoms with E-state index in [0.29, 0.717) is 14.8 Å². The lowest BCUT2D eigenvalue weighted by molar-refractivity contribution is -0.387. The number of ether oxygens (including phenoxy) is 1. The molecule has 4 rings (SSSR count). The standard InChI is InChI=1S/C26H16ClNO6S2/c27-19-8-2-5-11-23(19)35-21-10-4-1-7-17(21)26(31)34-16-13-14-22(18(15-16)25(29)30)36-24-12-6-3-9-20(24)28(32)33/h1-15H,(H,29,30). The largest absolute Gasteiger partial charge is 0.478 e. The van der Waals surface area contributed by atoms with Crippen LogP contribution in [0, 0.1) is 10.1 Å². The predicted octanol–water partition coefficient (Wildman–Crippen LogP) is 7.47. The van der Waals surface area contributed by atoms with Gasteiger partial charge in [-0.05, 0) is 48.5 Å². The molecule has 0 unspecified atom stereocenters. The van der Waals surface area contributed by atoms with E-state index in [1.165, 1.54) is 48.2 Å². The van der Waals surface area contributed by atoms with Gasteiger partial charge in [0.25, 0.3) is 5.69 Å². The molecule has 0 aromatic heterocycles. The van der Waals surface area contributed by atoms with Crippen molar-refractivity contribution in [2.75, 3.05) is 0 Å². The summed E-state index contributed by atoms with van der Waals surface area (Å²) in [7, 11) is 0. The number of hydrogen-bond acceptors (Lipinski definition) is 7. The Kier molecular flexibility index (Phi) is 7.94. The topological polar surface area (TPSA) is 107 Å². The van der Waals surface area contributed by atoms with Gasteiger partial charge in [0.2, 0.25) is 0 Å². The highest BCUT2D eigenvalue weighted by Crippen LogP contribution is 2.38. The maximum atomic E-state index is 13.0. The van der Waals surface area contributed by atoms with Gasteiger partial charge in [-0.1, -0.05) is 71.5 Å². The van der Waals surface area contributed by atoms with Gasteiger partial charge in [0.1, 0.15) is 5.75 Å². The second-order valence-electron chi connectivity index (χ2n) is 7.21. The summed E-state index contributed by atoms with van der Waals surface area (Å²) < 4.78 is 5.50. The third-order valence-corrected chi connectivity index (χ3v) is 7.57. The highest BCUT2D eigenvalue weighted by molar-refractivity contribution is 7.99. The van der Waals surface area contributed by atoms with Crippen molar-refractivity contribution in [3.63, 3.8) is 0 Å². The molecule has 0 saturated heterocycles. The van der Waals surface area contributed by atoms with Gasteiger partial charge in [-0.15, -0.1) is 0 Å². The van der Waals surface area contributed by atoms with Crippen LogP contribution in [-0.2, 0) is 0 Å². The molecule has 0 saturated carbocycles. The SMILES string of the molecule is O=C(O)c1cc(OC(=O)c2ccccc2Sc2ccccc2Cl)ccc1Sc1ccccc1[N+](=O)[O-]. The van der Waals surface area contributed by atoms with Gasteiger partial charge >= 0.3 is 11.9 Å². The van der Waals surface area contributed by atoms with Crippen LogP contribution in [0.4, 0.5) is 5.69 Å². The molecule has 0 aliphatic carbocycles. The van der Waals surface area contributed by atoms with E-state index < -0.39 is 16.9 Å². The van der Waals surface area contributed by atoms with Crippen LogP contribution in [0.25, 0.3) is 0 Å². The van der Waals surface area contributed by atoms with Crippen molar-refractivity contribution >= 4 is 52.8 Å². The monoisotopic (exact) mass is 537 g/mol. The number of nitro benzene ring substituents is 1. The van der Waals surface area contributed by atoms with E-state index in [0.717, 1.165) is 16.7 Å². The maximum Gasteiger partial charge on any atom is 0.344 e. The number of benzene rings is 4. The van der Waals surface area contributed by atoms with E-state index in [4.69, 9.17) is 16.3 Å². The van der Waals surface area contributed by atoms with Gasteiger partial charge in [0, 0.05) is 20.8 Å². The number of hydrogen-bond donors (Lipinski definition) is 1. The van der Waals surface area contributed by atoms with E-state index in [9.17, 15) is 24.8 Å². The third kappa shape index (κ3) is 5.88. The molecule has 0 heterocycles. The molecule has 0 fully saturated rings. The zero-order valence-corrected chi connectivity index (χ0v) is 20.7. The van der Waals surface area contributed by atoms with Crippen LogP contribution >= 0.6 is 35.1 Å². The van der Waals surface area contributed by atoms with Gasteiger partial charge in [0.15, 0.2) is 0 Å². The van der Waals surface area contributed by atoms with E-state index in [2.05, 4.69) is 0 Å². The second kappa shape index (κ2) is 11.3. The number of rotatable bonds is 8. The Bertz CT molecular complexity index is 1480. The summed E-state index contributed by atoms with van der Waals surface area (Å²) >= 11 is 8.51. The average Bonchev–Trinajstić information content (AvgIpc) is 2.86.